The van der Waals surface area contributed by atoms with Crippen molar-refractivity contribution in [2.75, 3.05) is 12.3 Å². The first kappa shape index (κ1) is 12.4. The predicted molar refractivity (Wildman–Crippen MR) is 70.5 cm³/mol. The van der Waals surface area contributed by atoms with E-state index < -0.39 is 0 Å². The van der Waals surface area contributed by atoms with E-state index in [1.54, 1.807) is 11.3 Å². The number of rotatable bonds is 2. The van der Waals surface area contributed by atoms with Crippen LogP contribution in [0.2, 0.25) is 0 Å². The molecule has 4 heteroatoms. The first-order chi connectivity index (χ1) is 7.94. The number of anilines is 1. The van der Waals surface area contributed by atoms with Crippen LogP contribution in [0.3, 0.4) is 0 Å². The largest absolute Gasteiger partial charge is 0.462 e. The van der Waals surface area contributed by atoms with Crippen LogP contribution in [0, 0.1) is 5.41 Å². The second kappa shape index (κ2) is 4.33. The summed E-state index contributed by atoms with van der Waals surface area (Å²) in [6.45, 7) is 6.73. The Morgan fingerprint density at radius 2 is 2.24 bits per heavy atom. The molecule has 1 aliphatic rings. The lowest BCUT2D eigenvalue weighted by atomic mass is 9.77. The third kappa shape index (κ3) is 2.32. The molecule has 0 radical (unpaired) electrons. The van der Waals surface area contributed by atoms with E-state index in [1.807, 2.05) is 6.92 Å². The monoisotopic (exact) mass is 253 g/mol. The molecular weight excluding hydrogens is 234 g/mol. The van der Waals surface area contributed by atoms with Crippen LogP contribution in [-0.2, 0) is 17.6 Å². The summed E-state index contributed by atoms with van der Waals surface area (Å²) in [4.78, 5) is 13.1. The molecule has 1 heterocycles. The van der Waals surface area contributed by atoms with Gasteiger partial charge in [0.1, 0.15) is 5.00 Å². The average molecular weight is 253 g/mol. The molecule has 3 nitrogen and oxygen atoms in total. The van der Waals surface area contributed by atoms with Gasteiger partial charge in [0, 0.05) is 4.88 Å². The number of ether oxygens (including phenoxy) is 1. The molecule has 2 N–H and O–H groups in total. The SMILES string of the molecule is CCOC(=O)c1c(N)sc2c1CCC(C)(C)C2. The topological polar surface area (TPSA) is 52.3 Å². The first-order valence-corrected chi connectivity index (χ1v) is 6.83. The number of esters is 1. The Morgan fingerprint density at radius 1 is 1.53 bits per heavy atom. The minimum atomic E-state index is -0.262. The van der Waals surface area contributed by atoms with Gasteiger partial charge in [-0.1, -0.05) is 13.8 Å². The van der Waals surface area contributed by atoms with Gasteiger partial charge in [0.25, 0.3) is 0 Å². The zero-order chi connectivity index (χ0) is 12.6. The van der Waals surface area contributed by atoms with E-state index in [1.165, 1.54) is 4.88 Å². The van der Waals surface area contributed by atoms with Crippen molar-refractivity contribution in [3.8, 4) is 0 Å². The van der Waals surface area contributed by atoms with Gasteiger partial charge in [0.15, 0.2) is 0 Å². The van der Waals surface area contributed by atoms with Crippen molar-refractivity contribution in [2.24, 2.45) is 5.41 Å². The Hall–Kier alpha value is -1.03. The Morgan fingerprint density at radius 3 is 2.88 bits per heavy atom. The van der Waals surface area contributed by atoms with Crippen LogP contribution in [0.15, 0.2) is 0 Å². The molecule has 0 fully saturated rings. The quantitative estimate of drug-likeness (QED) is 0.824. The summed E-state index contributed by atoms with van der Waals surface area (Å²) >= 11 is 1.55. The van der Waals surface area contributed by atoms with Crippen LogP contribution in [0.5, 0.6) is 0 Å². The van der Waals surface area contributed by atoms with Crippen LogP contribution in [0.25, 0.3) is 0 Å². The van der Waals surface area contributed by atoms with Crippen molar-refractivity contribution in [2.45, 2.75) is 40.0 Å². The molecule has 17 heavy (non-hydrogen) atoms. The highest BCUT2D eigenvalue weighted by Crippen LogP contribution is 2.42. The fourth-order valence-electron chi connectivity index (χ4n) is 2.35. The zero-order valence-corrected chi connectivity index (χ0v) is 11.4. The molecule has 0 unspecified atom stereocenters. The van der Waals surface area contributed by atoms with Gasteiger partial charge in [0.2, 0.25) is 0 Å². The summed E-state index contributed by atoms with van der Waals surface area (Å²) < 4.78 is 5.07. The number of nitrogen functional groups attached to an aromatic ring is 1. The van der Waals surface area contributed by atoms with Crippen molar-refractivity contribution in [3.05, 3.63) is 16.0 Å². The highest BCUT2D eigenvalue weighted by molar-refractivity contribution is 7.16. The molecule has 0 aromatic carbocycles. The Kier molecular flexibility index (Phi) is 3.17. The van der Waals surface area contributed by atoms with Gasteiger partial charge in [-0.05, 0) is 37.2 Å². The maximum Gasteiger partial charge on any atom is 0.341 e. The van der Waals surface area contributed by atoms with Crippen LogP contribution in [0.4, 0.5) is 5.00 Å². The van der Waals surface area contributed by atoms with Gasteiger partial charge in [-0.25, -0.2) is 4.79 Å². The number of hydrogen-bond acceptors (Lipinski definition) is 4. The van der Waals surface area contributed by atoms with Gasteiger partial charge in [0.05, 0.1) is 12.2 Å². The number of carbonyl (C=O) groups excluding carboxylic acids is 1. The lowest BCUT2D eigenvalue weighted by molar-refractivity contribution is 0.0526. The minimum absolute atomic E-state index is 0.262. The van der Waals surface area contributed by atoms with Crippen LogP contribution in [0.1, 0.15) is 48.0 Å². The summed E-state index contributed by atoms with van der Waals surface area (Å²) in [5, 5.41) is 0.617. The summed E-state index contributed by atoms with van der Waals surface area (Å²) in [7, 11) is 0. The van der Waals surface area contributed by atoms with E-state index in [4.69, 9.17) is 10.5 Å². The fraction of sp³-hybridized carbons (Fsp3) is 0.615. The predicted octanol–water partition coefficient (Wildman–Crippen LogP) is 3.02. The molecule has 0 bridgehead atoms. The lowest BCUT2D eigenvalue weighted by Crippen LogP contribution is -2.22. The zero-order valence-electron chi connectivity index (χ0n) is 10.6. The van der Waals surface area contributed by atoms with E-state index >= 15 is 0 Å². The third-order valence-electron chi connectivity index (χ3n) is 3.29. The van der Waals surface area contributed by atoms with Crippen LogP contribution in [-0.4, -0.2) is 12.6 Å². The van der Waals surface area contributed by atoms with Crippen molar-refractivity contribution in [3.63, 3.8) is 0 Å². The van der Waals surface area contributed by atoms with Crippen LogP contribution < -0.4 is 5.73 Å². The maximum atomic E-state index is 11.9. The second-order valence-electron chi connectivity index (χ2n) is 5.30. The number of fused-ring (bicyclic) bond motifs is 1. The number of thiophene rings is 1. The molecule has 0 saturated carbocycles. The second-order valence-corrected chi connectivity index (χ2v) is 6.44. The molecular formula is C13H19NO2S. The van der Waals surface area contributed by atoms with Gasteiger partial charge in [-0.2, -0.15) is 0 Å². The smallest absolute Gasteiger partial charge is 0.341 e. The molecule has 0 saturated heterocycles. The fourth-order valence-corrected chi connectivity index (χ4v) is 3.72. The lowest BCUT2D eigenvalue weighted by Gasteiger charge is -2.29. The number of hydrogen-bond donors (Lipinski definition) is 1. The van der Waals surface area contributed by atoms with Crippen molar-refractivity contribution in [1.29, 1.82) is 0 Å². The van der Waals surface area contributed by atoms with Crippen LogP contribution >= 0.6 is 11.3 Å². The molecule has 2 rings (SSSR count). The van der Waals surface area contributed by atoms with E-state index in [-0.39, 0.29) is 5.97 Å². The molecule has 0 spiro atoms. The molecule has 0 aliphatic heterocycles. The maximum absolute atomic E-state index is 11.9. The Labute approximate surface area is 106 Å². The summed E-state index contributed by atoms with van der Waals surface area (Å²) in [6.07, 6.45) is 3.05. The minimum Gasteiger partial charge on any atom is -0.462 e. The molecule has 0 atom stereocenters. The molecule has 94 valence electrons. The van der Waals surface area contributed by atoms with E-state index in [9.17, 15) is 4.79 Å². The highest BCUT2D eigenvalue weighted by atomic mass is 32.1. The highest BCUT2D eigenvalue weighted by Gasteiger charge is 2.32. The van der Waals surface area contributed by atoms with Gasteiger partial charge >= 0.3 is 5.97 Å². The van der Waals surface area contributed by atoms with Crippen molar-refractivity contribution < 1.29 is 9.53 Å². The van der Waals surface area contributed by atoms with E-state index in [2.05, 4.69) is 13.8 Å². The van der Waals surface area contributed by atoms with Gasteiger partial charge < -0.3 is 10.5 Å². The molecule has 1 aromatic heterocycles. The van der Waals surface area contributed by atoms with Gasteiger partial charge in [-0.15, -0.1) is 11.3 Å². The van der Waals surface area contributed by atoms with E-state index in [0.29, 0.717) is 22.6 Å². The number of nitrogens with two attached hydrogens (primary N) is 1. The first-order valence-electron chi connectivity index (χ1n) is 6.02. The summed E-state index contributed by atoms with van der Waals surface area (Å²) in [5.41, 5.74) is 8.03. The number of carbonyl (C=O) groups is 1. The standard InChI is InChI=1S/C13H19NO2S/c1-4-16-12(15)10-8-5-6-13(2,3)7-9(8)17-11(10)14/h4-7,14H2,1-3H3. The normalized spacial score (nSPS) is 17.6. The van der Waals surface area contributed by atoms with Crippen molar-refractivity contribution >= 4 is 22.3 Å². The summed E-state index contributed by atoms with van der Waals surface area (Å²) in [5.74, 6) is -0.262. The molecule has 1 aromatic rings. The Bertz CT molecular complexity index is 449. The van der Waals surface area contributed by atoms with E-state index in [0.717, 1.165) is 24.8 Å². The molecule has 1 aliphatic carbocycles. The third-order valence-corrected chi connectivity index (χ3v) is 4.35. The Balaban J connectivity index is 2.37. The van der Waals surface area contributed by atoms with Crippen molar-refractivity contribution in [1.82, 2.24) is 0 Å². The average Bonchev–Trinajstić information content (AvgIpc) is 2.51. The molecule has 0 amide bonds. The summed E-state index contributed by atoms with van der Waals surface area (Å²) in [6, 6.07) is 0. The van der Waals surface area contributed by atoms with Gasteiger partial charge in [-0.3, -0.25) is 0 Å².